The number of likely N-dealkylation sites (tertiary alicyclic amines) is 2. The topological polar surface area (TPSA) is 115 Å². The number of amides is 2. The number of benzene rings is 2. The first kappa shape index (κ1) is 48.6. The van der Waals surface area contributed by atoms with Crippen molar-refractivity contribution in [1.82, 2.24) is 19.8 Å². The molecule has 2 aliphatic heterocycles. The minimum absolute atomic E-state index is 0.109. The minimum atomic E-state index is 0.109. The summed E-state index contributed by atoms with van der Waals surface area (Å²) in [5.74, 6) is 0.218. The van der Waals surface area contributed by atoms with E-state index in [9.17, 15) is 20.0 Å². The summed E-state index contributed by atoms with van der Waals surface area (Å²) < 4.78 is 5.83. The van der Waals surface area contributed by atoms with E-state index in [-0.39, 0.29) is 11.8 Å². The van der Waals surface area contributed by atoms with Crippen molar-refractivity contribution in [3.8, 4) is 0 Å². The van der Waals surface area contributed by atoms with Gasteiger partial charge in [-0.2, -0.15) is 0 Å². The molecule has 10 nitrogen and oxygen atoms in total. The van der Waals surface area contributed by atoms with Gasteiger partial charge >= 0.3 is 0 Å². The third kappa shape index (κ3) is 10.7. The van der Waals surface area contributed by atoms with Crippen LogP contribution in [0.4, 0.5) is 0 Å². The Morgan fingerprint density at radius 3 is 1.28 bits per heavy atom. The highest BCUT2D eigenvalue weighted by atomic mass is 79.9. The molecule has 0 unspecified atom stereocenters. The molecule has 6 heterocycles. The van der Waals surface area contributed by atoms with Crippen LogP contribution in [0.3, 0.4) is 0 Å². The van der Waals surface area contributed by atoms with Gasteiger partial charge in [-0.15, -0.1) is 0 Å². The van der Waals surface area contributed by atoms with Crippen LogP contribution in [-0.2, 0) is 48.1 Å². The van der Waals surface area contributed by atoms with Crippen LogP contribution in [0.25, 0.3) is 11.1 Å². The predicted octanol–water partition coefficient (Wildman–Crippen LogP) is 11.1. The lowest BCUT2D eigenvalue weighted by atomic mass is 9.88. The Bertz CT molecular complexity index is 2800. The smallest absolute Gasteiger partial charge is 0.227 e. The van der Waals surface area contributed by atoms with E-state index in [1.807, 2.05) is 34.3 Å². The number of halogens is 6. The monoisotopic (exact) mass is 1200 g/mol. The van der Waals surface area contributed by atoms with E-state index < -0.39 is 0 Å². The lowest BCUT2D eigenvalue weighted by Crippen LogP contribution is -2.37. The molecule has 10 rings (SSSR count). The van der Waals surface area contributed by atoms with Gasteiger partial charge in [0, 0.05) is 101 Å². The number of carbonyl (C=O) groups is 2. The number of carbonyl (C=O) groups excluding carboxylic acids is 2. The van der Waals surface area contributed by atoms with Crippen LogP contribution >= 0.6 is 86.9 Å². The number of hydrogen-bond donors (Lipinski definition) is 2. The average molecular weight is 1210 g/mol. The van der Waals surface area contributed by atoms with Crippen molar-refractivity contribution in [2.75, 3.05) is 26.2 Å². The second kappa shape index (κ2) is 21.3. The van der Waals surface area contributed by atoms with E-state index >= 15 is 0 Å². The number of nitrogens with zero attached hydrogens (tertiary/aromatic N) is 6. The highest BCUT2D eigenvalue weighted by Crippen LogP contribution is 2.44. The van der Waals surface area contributed by atoms with Crippen LogP contribution in [0.2, 0.25) is 10.0 Å². The summed E-state index contributed by atoms with van der Waals surface area (Å²) in [6, 6.07) is 19.5. The summed E-state index contributed by atoms with van der Waals surface area (Å²) in [5.41, 5.74) is 16.1. The minimum Gasteiger partial charge on any atom is -0.342 e. The maximum Gasteiger partial charge on any atom is 0.227 e. The molecular formula is C52H46Br4Cl2N6O4+2. The van der Waals surface area contributed by atoms with E-state index in [0.29, 0.717) is 39.0 Å². The summed E-state index contributed by atoms with van der Waals surface area (Å²) in [5, 5.41) is 20.2. The van der Waals surface area contributed by atoms with Crippen molar-refractivity contribution in [2.45, 2.75) is 64.2 Å². The maximum atomic E-state index is 12.9. The van der Waals surface area contributed by atoms with Gasteiger partial charge in [0.2, 0.25) is 36.6 Å². The van der Waals surface area contributed by atoms with Crippen LogP contribution in [0.15, 0.2) is 127 Å². The van der Waals surface area contributed by atoms with Gasteiger partial charge in [-0.3, -0.25) is 30.0 Å². The Balaban J connectivity index is 0.000000170. The maximum absolute atomic E-state index is 12.9. The van der Waals surface area contributed by atoms with Crippen molar-refractivity contribution in [2.24, 2.45) is 0 Å². The summed E-state index contributed by atoms with van der Waals surface area (Å²) in [6.07, 6.45) is 17.3. The molecule has 0 radical (unpaired) electrons. The fraction of sp³-hybridized carbons (Fsp3) is 0.269. The highest BCUT2D eigenvalue weighted by Gasteiger charge is 2.30. The molecule has 4 aliphatic rings. The van der Waals surface area contributed by atoms with Crippen LogP contribution in [-0.4, -0.2) is 68.2 Å². The lowest BCUT2D eigenvalue weighted by Gasteiger charge is -2.30. The molecule has 4 aromatic heterocycles. The van der Waals surface area contributed by atoms with Gasteiger partial charge < -0.3 is 9.80 Å². The van der Waals surface area contributed by atoms with E-state index in [2.05, 4.69) is 88.0 Å². The number of piperidine rings is 2. The van der Waals surface area contributed by atoms with Crippen LogP contribution in [0.1, 0.15) is 81.6 Å². The van der Waals surface area contributed by atoms with Crippen LogP contribution in [0.5, 0.6) is 0 Å². The Hall–Kier alpha value is -4.44. The van der Waals surface area contributed by atoms with Crippen molar-refractivity contribution >= 4 is 110 Å². The van der Waals surface area contributed by atoms with Crippen molar-refractivity contribution in [3.05, 3.63) is 193 Å². The molecule has 2 amide bonds. The quantitative estimate of drug-likeness (QED) is 0.134. The summed E-state index contributed by atoms with van der Waals surface area (Å²) in [7, 11) is 0. The molecular weight excluding hydrogens is 1160 g/mol. The highest BCUT2D eigenvalue weighted by molar-refractivity contribution is 9.11. The second-order valence-corrected chi connectivity index (χ2v) is 21.6. The second-order valence-electron chi connectivity index (χ2n) is 17.3. The van der Waals surface area contributed by atoms with E-state index in [4.69, 9.17) is 33.2 Å². The van der Waals surface area contributed by atoms with E-state index in [1.165, 1.54) is 80.5 Å². The third-order valence-corrected chi connectivity index (χ3v) is 16.9. The summed E-state index contributed by atoms with van der Waals surface area (Å²) >= 11 is 27.5. The molecule has 6 aromatic rings. The number of rotatable bonds is 4. The molecule has 0 saturated carbocycles. The van der Waals surface area contributed by atoms with Gasteiger partial charge in [-0.1, -0.05) is 46.5 Å². The number of pyridine rings is 4. The van der Waals surface area contributed by atoms with Gasteiger partial charge in [0.25, 0.3) is 0 Å². The molecule has 16 heteroatoms. The molecule has 2 aromatic carbocycles. The zero-order chi connectivity index (χ0) is 47.6. The normalized spacial score (nSPS) is 15.6. The van der Waals surface area contributed by atoms with E-state index in [0.717, 1.165) is 111 Å². The summed E-state index contributed by atoms with van der Waals surface area (Å²) in [4.78, 5) is 39.4. The van der Waals surface area contributed by atoms with Gasteiger partial charge in [0.1, 0.15) is 0 Å². The Labute approximate surface area is 438 Å². The van der Waals surface area contributed by atoms with Gasteiger partial charge in [-0.25, -0.2) is 0 Å². The van der Waals surface area contributed by atoms with Gasteiger partial charge in [0.05, 0.1) is 34.3 Å². The predicted molar refractivity (Wildman–Crippen MR) is 276 cm³/mol. The van der Waals surface area contributed by atoms with Crippen LogP contribution in [0, 0.1) is 0 Å². The lowest BCUT2D eigenvalue weighted by molar-refractivity contribution is -0.904. The number of aromatic nitrogens is 4. The Morgan fingerprint density at radius 2 is 0.912 bits per heavy atom. The SMILES string of the molecule is O=C(Cc1cc[n+](O)cc1)N1CCC(=C2c3ccc(Cl)c(Br)c3CCc3cc(Br)cnc32)CC1.O=C(Cc1cc[n+](O)cc1)N1CCC(=C2c3ccc(Cl)c(Br)c3CCc3cc(Br)cnc32)CC1. The van der Waals surface area contributed by atoms with Gasteiger partial charge in [0.15, 0.2) is 0 Å². The molecule has 348 valence electrons. The molecule has 2 saturated heterocycles. The van der Waals surface area contributed by atoms with E-state index in [1.54, 1.807) is 24.3 Å². The average Bonchev–Trinajstić information content (AvgIpc) is 3.61. The molecule has 2 fully saturated rings. The van der Waals surface area contributed by atoms with Gasteiger partial charge in [-0.05, 0) is 184 Å². The molecule has 0 bridgehead atoms. The largest absolute Gasteiger partial charge is 0.342 e. The van der Waals surface area contributed by atoms with Crippen molar-refractivity contribution in [3.63, 3.8) is 0 Å². The first-order valence-corrected chi connectivity index (χ1v) is 26.4. The van der Waals surface area contributed by atoms with Crippen molar-refractivity contribution < 1.29 is 29.5 Å². The fourth-order valence-electron chi connectivity index (χ4n) is 9.69. The Kier molecular flexibility index (Phi) is 15.2. The molecule has 0 spiro atoms. The molecule has 2 N–H and O–H groups in total. The number of hydrogen-bond acceptors (Lipinski definition) is 6. The fourth-order valence-corrected chi connectivity index (χ4v) is 11.9. The summed E-state index contributed by atoms with van der Waals surface area (Å²) in [6.45, 7) is 2.72. The molecule has 0 atom stereocenters. The zero-order valence-electron chi connectivity index (χ0n) is 36.8. The zero-order valence-corrected chi connectivity index (χ0v) is 44.7. The number of fused-ring (bicyclic) bond motifs is 4. The number of aryl methyl sites for hydroxylation is 2. The Morgan fingerprint density at radius 1 is 0.544 bits per heavy atom. The van der Waals surface area contributed by atoms with Crippen LogP contribution < -0.4 is 9.46 Å². The third-order valence-electron chi connectivity index (χ3n) is 13.2. The standard InChI is InChI=1S/2C26H23Br2ClN3O2/c2*27-19-14-18-1-2-21-20(3-4-22(29)25(21)28)24(26(18)30-15-19)17-7-9-31(10-8-17)23(33)13-16-5-11-32(34)12-6-16/h2*3-6,11-12,14-15,34H,1-2,7-10,13H2/q2*+1. The first-order valence-electron chi connectivity index (χ1n) is 22.4. The van der Waals surface area contributed by atoms with Crippen molar-refractivity contribution in [1.29, 1.82) is 0 Å². The molecule has 68 heavy (non-hydrogen) atoms. The first-order chi connectivity index (χ1) is 32.8. The molecule has 2 aliphatic carbocycles.